The molecule has 6 heteroatoms. The van der Waals surface area contributed by atoms with E-state index in [1.807, 2.05) is 17.5 Å². The van der Waals surface area contributed by atoms with Crippen LogP contribution in [-0.2, 0) is 0 Å². The Morgan fingerprint density at radius 1 is 1.06 bits per heavy atom. The van der Waals surface area contributed by atoms with E-state index < -0.39 is 0 Å². The molecule has 2 rings (SSSR count). The highest BCUT2D eigenvalue weighted by Gasteiger charge is 2.17. The van der Waals surface area contributed by atoms with E-state index in [0.717, 1.165) is 15.2 Å². The van der Waals surface area contributed by atoms with Crippen LogP contribution in [-0.4, -0.2) is 26.3 Å². The third kappa shape index (κ3) is 2.44. The van der Waals surface area contributed by atoms with Crippen molar-refractivity contribution >= 4 is 27.3 Å². The van der Waals surface area contributed by atoms with Gasteiger partial charge in [-0.1, -0.05) is 0 Å². The number of rotatable bonds is 4. The molecule has 0 aliphatic carbocycles. The summed E-state index contributed by atoms with van der Waals surface area (Å²) in [6.07, 6.45) is 0. The Morgan fingerprint density at radius 3 is 2.06 bits per heavy atom. The number of benzene rings is 1. The minimum Gasteiger partial charge on any atom is -0.496 e. The molecule has 0 N–H and O–H groups in total. The van der Waals surface area contributed by atoms with E-state index in [1.165, 1.54) is 11.3 Å². The van der Waals surface area contributed by atoms with Crippen molar-refractivity contribution in [2.75, 3.05) is 21.3 Å². The molecule has 0 aliphatic heterocycles. The van der Waals surface area contributed by atoms with Crippen LogP contribution >= 0.6 is 27.3 Å². The van der Waals surface area contributed by atoms with Gasteiger partial charge in [0.1, 0.15) is 26.9 Å². The minimum atomic E-state index is 0.674. The van der Waals surface area contributed by atoms with Gasteiger partial charge >= 0.3 is 0 Å². The largest absolute Gasteiger partial charge is 0.496 e. The number of nitrogens with zero attached hydrogens (tertiary/aromatic N) is 1. The second-order valence-electron chi connectivity index (χ2n) is 3.38. The Hall–Kier alpha value is -1.27. The van der Waals surface area contributed by atoms with Crippen LogP contribution in [0, 0.1) is 0 Å². The predicted molar refractivity (Wildman–Crippen MR) is 74.9 cm³/mol. The first-order valence-corrected chi connectivity index (χ1v) is 6.78. The van der Waals surface area contributed by atoms with Crippen molar-refractivity contribution in [3.05, 3.63) is 22.1 Å². The fraction of sp³-hybridized carbons (Fsp3) is 0.250. The van der Waals surface area contributed by atoms with Crippen molar-refractivity contribution in [2.24, 2.45) is 0 Å². The smallest absolute Gasteiger partial charge is 0.136 e. The van der Waals surface area contributed by atoms with Crippen molar-refractivity contribution < 1.29 is 14.2 Å². The summed E-state index contributed by atoms with van der Waals surface area (Å²) in [7, 11) is 4.83. The highest BCUT2D eigenvalue weighted by atomic mass is 79.9. The normalized spacial score (nSPS) is 10.2. The van der Waals surface area contributed by atoms with Crippen molar-refractivity contribution in [1.29, 1.82) is 0 Å². The average molecular weight is 330 g/mol. The van der Waals surface area contributed by atoms with Crippen LogP contribution in [0.25, 0.3) is 10.6 Å². The van der Waals surface area contributed by atoms with E-state index in [2.05, 4.69) is 20.9 Å². The lowest BCUT2D eigenvalue weighted by Gasteiger charge is -2.13. The maximum absolute atomic E-state index is 5.39. The molecule has 0 saturated heterocycles. The zero-order valence-electron chi connectivity index (χ0n) is 10.2. The van der Waals surface area contributed by atoms with Gasteiger partial charge in [-0.25, -0.2) is 4.98 Å². The summed E-state index contributed by atoms with van der Waals surface area (Å²) in [6.45, 7) is 0. The topological polar surface area (TPSA) is 40.6 Å². The van der Waals surface area contributed by atoms with Crippen LogP contribution in [0.15, 0.2) is 22.1 Å². The summed E-state index contributed by atoms with van der Waals surface area (Å²) >= 11 is 4.86. The van der Waals surface area contributed by atoms with Crippen LogP contribution in [0.3, 0.4) is 0 Å². The second-order valence-corrected chi connectivity index (χ2v) is 5.05. The molecule has 18 heavy (non-hydrogen) atoms. The third-order valence-corrected chi connectivity index (χ3v) is 3.97. The number of aromatic nitrogens is 1. The fourth-order valence-electron chi connectivity index (χ4n) is 1.59. The zero-order chi connectivity index (χ0) is 13.1. The molecule has 0 radical (unpaired) electrons. The predicted octanol–water partition coefficient (Wildman–Crippen LogP) is 3.60. The Labute approximate surface area is 118 Å². The molecule has 0 atom stereocenters. The van der Waals surface area contributed by atoms with Gasteiger partial charge in [0, 0.05) is 17.5 Å². The molecule has 4 nitrogen and oxygen atoms in total. The molecule has 1 heterocycles. The first-order valence-electron chi connectivity index (χ1n) is 5.11. The highest BCUT2D eigenvalue weighted by molar-refractivity contribution is 9.10. The molecule has 0 spiro atoms. The van der Waals surface area contributed by atoms with Gasteiger partial charge in [-0.05, 0) is 15.9 Å². The van der Waals surface area contributed by atoms with Crippen LogP contribution in [0.5, 0.6) is 17.2 Å². The van der Waals surface area contributed by atoms with Gasteiger partial charge in [0.05, 0.1) is 26.9 Å². The van der Waals surface area contributed by atoms with Crippen LogP contribution < -0.4 is 14.2 Å². The van der Waals surface area contributed by atoms with Crippen molar-refractivity contribution in [3.63, 3.8) is 0 Å². The van der Waals surface area contributed by atoms with Gasteiger partial charge in [0.2, 0.25) is 0 Å². The summed E-state index contributed by atoms with van der Waals surface area (Å²) in [6, 6.07) is 3.63. The van der Waals surface area contributed by atoms with Gasteiger partial charge in [-0.3, -0.25) is 0 Å². The molecule has 96 valence electrons. The number of ether oxygens (including phenoxy) is 3. The number of halogens is 1. The Balaban J connectivity index is 2.63. The van der Waals surface area contributed by atoms with Crippen LogP contribution in [0.1, 0.15) is 0 Å². The van der Waals surface area contributed by atoms with Gasteiger partial charge in [-0.15, -0.1) is 11.3 Å². The van der Waals surface area contributed by atoms with Crippen molar-refractivity contribution in [3.8, 4) is 27.8 Å². The zero-order valence-corrected chi connectivity index (χ0v) is 12.6. The van der Waals surface area contributed by atoms with E-state index in [1.54, 1.807) is 21.3 Å². The van der Waals surface area contributed by atoms with Gasteiger partial charge in [-0.2, -0.15) is 0 Å². The Morgan fingerprint density at radius 2 is 1.67 bits per heavy atom. The standard InChI is InChI=1S/C12H12BrNO3S/c1-15-7-4-8(16-2)11(9(5-7)17-3)12-14-10(13)6-18-12/h4-6H,1-3H3. The molecule has 0 amide bonds. The maximum atomic E-state index is 5.39. The van der Waals surface area contributed by atoms with E-state index >= 15 is 0 Å². The SMILES string of the molecule is COc1cc(OC)c(-c2nc(Br)cs2)c(OC)c1. The number of hydrogen-bond donors (Lipinski definition) is 0. The minimum absolute atomic E-state index is 0.674. The van der Waals surface area contributed by atoms with Gasteiger partial charge in [0.25, 0.3) is 0 Å². The number of hydrogen-bond acceptors (Lipinski definition) is 5. The van der Waals surface area contributed by atoms with Crippen LogP contribution in [0.2, 0.25) is 0 Å². The summed E-state index contributed by atoms with van der Waals surface area (Å²) in [5.74, 6) is 2.03. The molecule has 0 bridgehead atoms. The Bertz CT molecular complexity index is 531. The average Bonchev–Trinajstić information content (AvgIpc) is 2.83. The van der Waals surface area contributed by atoms with Gasteiger partial charge in [0.15, 0.2) is 0 Å². The molecule has 1 aromatic heterocycles. The molecule has 0 aliphatic rings. The molecule has 1 aromatic carbocycles. The second kappa shape index (κ2) is 5.58. The van der Waals surface area contributed by atoms with E-state index in [0.29, 0.717) is 17.2 Å². The first-order chi connectivity index (χ1) is 8.69. The summed E-state index contributed by atoms with van der Waals surface area (Å²) < 4.78 is 16.8. The molecule has 0 saturated carbocycles. The fourth-order valence-corrected chi connectivity index (χ4v) is 2.89. The summed E-state index contributed by atoms with van der Waals surface area (Å²) in [5.41, 5.74) is 0.830. The lowest BCUT2D eigenvalue weighted by Crippen LogP contribution is -1.95. The lowest BCUT2D eigenvalue weighted by atomic mass is 10.1. The molecular formula is C12H12BrNO3S. The first kappa shape index (κ1) is 13.2. The molecular weight excluding hydrogens is 318 g/mol. The van der Waals surface area contributed by atoms with E-state index in [4.69, 9.17) is 14.2 Å². The molecule has 2 aromatic rings. The summed E-state index contributed by atoms with van der Waals surface area (Å²) in [5, 5.41) is 2.75. The van der Waals surface area contributed by atoms with Crippen molar-refractivity contribution in [2.45, 2.75) is 0 Å². The quantitative estimate of drug-likeness (QED) is 0.859. The number of thiazole rings is 1. The van der Waals surface area contributed by atoms with Gasteiger partial charge < -0.3 is 14.2 Å². The number of methoxy groups -OCH3 is 3. The highest BCUT2D eigenvalue weighted by Crippen LogP contribution is 2.43. The van der Waals surface area contributed by atoms with E-state index in [-0.39, 0.29) is 0 Å². The Kier molecular flexibility index (Phi) is 4.08. The third-order valence-electron chi connectivity index (χ3n) is 2.41. The summed E-state index contributed by atoms with van der Waals surface area (Å²) in [4.78, 5) is 4.39. The lowest BCUT2D eigenvalue weighted by molar-refractivity contribution is 0.377. The maximum Gasteiger partial charge on any atom is 0.136 e. The van der Waals surface area contributed by atoms with E-state index in [9.17, 15) is 0 Å². The van der Waals surface area contributed by atoms with Crippen molar-refractivity contribution in [1.82, 2.24) is 4.98 Å². The monoisotopic (exact) mass is 329 g/mol. The molecule has 0 fully saturated rings. The van der Waals surface area contributed by atoms with Crippen LogP contribution in [0.4, 0.5) is 0 Å². The molecule has 0 unspecified atom stereocenters.